The molecule has 0 aliphatic carbocycles. The normalized spacial score (nSPS) is 11.6. The standard InChI is InChI=1S/C46H29N3O/c1-3-9-35-28-47-43(25-32(35)7-1)30-13-18-38(19-14-30)49(39-20-15-31(16-21-39)44-26-33-8-2-4-10-36(33)29-48-44)40-22-17-34-24-42-41-11-5-6-12-45(41)50-46(42)27-37(34)23-40/h1-29H. The van der Waals surface area contributed by atoms with Crippen molar-refractivity contribution < 1.29 is 4.42 Å². The van der Waals surface area contributed by atoms with Gasteiger partial charge in [0, 0.05) is 62.1 Å². The Kier molecular flexibility index (Phi) is 6.46. The van der Waals surface area contributed by atoms with E-state index in [-0.39, 0.29) is 0 Å². The zero-order chi connectivity index (χ0) is 33.0. The summed E-state index contributed by atoms with van der Waals surface area (Å²) in [6.07, 6.45) is 3.90. The van der Waals surface area contributed by atoms with Crippen LogP contribution in [0.15, 0.2) is 181 Å². The largest absolute Gasteiger partial charge is 0.456 e. The van der Waals surface area contributed by atoms with Crippen molar-refractivity contribution in [2.75, 3.05) is 4.90 Å². The molecule has 0 fully saturated rings. The first-order valence-electron chi connectivity index (χ1n) is 16.8. The van der Waals surface area contributed by atoms with Gasteiger partial charge in [-0.3, -0.25) is 9.97 Å². The summed E-state index contributed by atoms with van der Waals surface area (Å²) in [5.74, 6) is 0. The van der Waals surface area contributed by atoms with Crippen LogP contribution in [0.3, 0.4) is 0 Å². The molecule has 0 atom stereocenters. The molecule has 0 saturated heterocycles. The second-order valence-corrected chi connectivity index (χ2v) is 12.7. The number of hydrogen-bond acceptors (Lipinski definition) is 4. The Bertz CT molecular complexity index is 2750. The number of rotatable bonds is 5. The molecular weight excluding hydrogens is 611 g/mol. The van der Waals surface area contributed by atoms with Crippen LogP contribution in [0.4, 0.5) is 17.1 Å². The predicted octanol–water partition coefficient (Wildman–Crippen LogP) is 12.6. The van der Waals surface area contributed by atoms with Crippen LogP contribution in [0.2, 0.25) is 0 Å². The third-order valence-corrected chi connectivity index (χ3v) is 9.68. The minimum Gasteiger partial charge on any atom is -0.456 e. The first kappa shape index (κ1) is 28.3. The molecule has 3 heterocycles. The van der Waals surface area contributed by atoms with Gasteiger partial charge in [-0.15, -0.1) is 0 Å². The smallest absolute Gasteiger partial charge is 0.136 e. The maximum absolute atomic E-state index is 6.27. The fraction of sp³-hybridized carbons (Fsp3) is 0. The van der Waals surface area contributed by atoms with Gasteiger partial charge in [-0.05, 0) is 88.3 Å². The number of anilines is 3. The average molecular weight is 640 g/mol. The van der Waals surface area contributed by atoms with Gasteiger partial charge in [0.2, 0.25) is 0 Å². The number of hydrogen-bond donors (Lipinski definition) is 0. The molecule has 0 aliphatic heterocycles. The summed E-state index contributed by atoms with van der Waals surface area (Å²) >= 11 is 0. The van der Waals surface area contributed by atoms with E-state index in [1.54, 1.807) is 0 Å². The number of nitrogens with zero attached hydrogens (tertiary/aromatic N) is 3. The lowest BCUT2D eigenvalue weighted by Crippen LogP contribution is -2.10. The number of pyridine rings is 2. The van der Waals surface area contributed by atoms with Gasteiger partial charge in [-0.25, -0.2) is 0 Å². The van der Waals surface area contributed by atoms with Crippen molar-refractivity contribution in [2.24, 2.45) is 0 Å². The fourth-order valence-electron chi connectivity index (χ4n) is 7.09. The highest BCUT2D eigenvalue weighted by Gasteiger charge is 2.16. The molecular formula is C46H29N3O. The monoisotopic (exact) mass is 639 g/mol. The van der Waals surface area contributed by atoms with Crippen LogP contribution < -0.4 is 4.90 Å². The number of para-hydroxylation sites is 1. The van der Waals surface area contributed by atoms with Crippen LogP contribution in [0.1, 0.15) is 0 Å². The molecule has 0 spiro atoms. The van der Waals surface area contributed by atoms with E-state index in [0.717, 1.165) is 77.7 Å². The van der Waals surface area contributed by atoms with Crippen molar-refractivity contribution in [3.05, 3.63) is 176 Å². The Morgan fingerprint density at radius 2 is 0.880 bits per heavy atom. The Morgan fingerprint density at radius 3 is 1.50 bits per heavy atom. The molecule has 7 aromatic carbocycles. The van der Waals surface area contributed by atoms with Gasteiger partial charge in [0.15, 0.2) is 0 Å². The first-order valence-corrected chi connectivity index (χ1v) is 16.8. The van der Waals surface area contributed by atoms with E-state index in [0.29, 0.717) is 0 Å². The zero-order valence-corrected chi connectivity index (χ0v) is 27.0. The lowest BCUT2D eigenvalue weighted by molar-refractivity contribution is 0.669. The molecule has 0 N–H and O–H groups in total. The van der Waals surface area contributed by atoms with Crippen LogP contribution in [0, 0.1) is 0 Å². The predicted molar refractivity (Wildman–Crippen MR) is 207 cm³/mol. The molecule has 50 heavy (non-hydrogen) atoms. The topological polar surface area (TPSA) is 42.2 Å². The quantitative estimate of drug-likeness (QED) is 0.188. The molecule has 4 heteroatoms. The molecule has 0 radical (unpaired) electrons. The van der Waals surface area contributed by atoms with Crippen molar-refractivity contribution >= 4 is 71.3 Å². The molecule has 0 saturated carbocycles. The van der Waals surface area contributed by atoms with Crippen LogP contribution >= 0.6 is 0 Å². The SMILES string of the molecule is c1ccc2cc(-c3ccc(N(c4ccc(-c5cc6ccccc6cn5)cc4)c4ccc5cc6c(cc5c4)oc4ccccc46)cc3)ncc2c1. The molecule has 0 aliphatic rings. The van der Waals surface area contributed by atoms with Crippen LogP contribution in [-0.2, 0) is 0 Å². The highest BCUT2D eigenvalue weighted by atomic mass is 16.3. The third kappa shape index (κ3) is 4.85. The van der Waals surface area contributed by atoms with Crippen molar-refractivity contribution in [2.45, 2.75) is 0 Å². The number of aromatic nitrogens is 2. The van der Waals surface area contributed by atoms with Crippen molar-refractivity contribution in [1.29, 1.82) is 0 Å². The Hall–Kier alpha value is -6.78. The summed E-state index contributed by atoms with van der Waals surface area (Å²) < 4.78 is 6.27. The lowest BCUT2D eigenvalue weighted by atomic mass is 10.0. The van der Waals surface area contributed by atoms with Gasteiger partial charge in [-0.1, -0.05) is 97.1 Å². The van der Waals surface area contributed by atoms with E-state index in [4.69, 9.17) is 14.4 Å². The molecule has 3 aromatic heterocycles. The minimum atomic E-state index is 0.891. The summed E-state index contributed by atoms with van der Waals surface area (Å²) in [4.78, 5) is 11.8. The minimum absolute atomic E-state index is 0.891. The fourth-order valence-corrected chi connectivity index (χ4v) is 7.09. The number of benzene rings is 7. The summed E-state index contributed by atoms with van der Waals surface area (Å²) in [5.41, 5.74) is 9.00. The molecule has 4 nitrogen and oxygen atoms in total. The van der Waals surface area contributed by atoms with E-state index < -0.39 is 0 Å². The second-order valence-electron chi connectivity index (χ2n) is 12.7. The third-order valence-electron chi connectivity index (χ3n) is 9.68. The van der Waals surface area contributed by atoms with Gasteiger partial charge in [-0.2, -0.15) is 0 Å². The first-order chi connectivity index (χ1) is 24.7. The van der Waals surface area contributed by atoms with Gasteiger partial charge >= 0.3 is 0 Å². The summed E-state index contributed by atoms with van der Waals surface area (Å²) in [5, 5.41) is 9.19. The zero-order valence-electron chi connectivity index (χ0n) is 27.0. The highest BCUT2D eigenvalue weighted by Crippen LogP contribution is 2.39. The maximum Gasteiger partial charge on any atom is 0.136 e. The van der Waals surface area contributed by atoms with E-state index in [1.165, 1.54) is 16.2 Å². The summed E-state index contributed by atoms with van der Waals surface area (Å²) in [6, 6.07) is 57.6. The van der Waals surface area contributed by atoms with Crippen molar-refractivity contribution in [3.63, 3.8) is 0 Å². The molecule has 10 aromatic rings. The molecule has 10 rings (SSSR count). The number of fused-ring (bicyclic) bond motifs is 6. The van der Waals surface area contributed by atoms with Crippen molar-refractivity contribution in [1.82, 2.24) is 9.97 Å². The van der Waals surface area contributed by atoms with Gasteiger partial charge in [0.05, 0.1) is 11.4 Å². The molecule has 0 unspecified atom stereocenters. The van der Waals surface area contributed by atoms with Crippen LogP contribution in [-0.4, -0.2) is 9.97 Å². The van der Waals surface area contributed by atoms with E-state index in [1.807, 2.05) is 36.7 Å². The molecule has 0 amide bonds. The summed E-state index contributed by atoms with van der Waals surface area (Å²) in [6.45, 7) is 0. The summed E-state index contributed by atoms with van der Waals surface area (Å²) in [7, 11) is 0. The number of furan rings is 1. The lowest BCUT2D eigenvalue weighted by Gasteiger charge is -2.26. The maximum atomic E-state index is 6.27. The van der Waals surface area contributed by atoms with Gasteiger partial charge in [0.25, 0.3) is 0 Å². The second kappa shape index (κ2) is 11.4. The Balaban J connectivity index is 1.08. The van der Waals surface area contributed by atoms with Crippen LogP contribution in [0.25, 0.3) is 76.8 Å². The van der Waals surface area contributed by atoms with Gasteiger partial charge in [0.1, 0.15) is 11.2 Å². The van der Waals surface area contributed by atoms with Crippen molar-refractivity contribution in [3.8, 4) is 22.5 Å². The Morgan fingerprint density at radius 1 is 0.360 bits per heavy atom. The average Bonchev–Trinajstić information content (AvgIpc) is 3.54. The van der Waals surface area contributed by atoms with E-state index in [2.05, 4.69) is 144 Å². The molecule has 0 bridgehead atoms. The Labute approximate surface area is 288 Å². The van der Waals surface area contributed by atoms with E-state index in [9.17, 15) is 0 Å². The molecule has 234 valence electrons. The van der Waals surface area contributed by atoms with Crippen LogP contribution in [0.5, 0.6) is 0 Å². The van der Waals surface area contributed by atoms with E-state index >= 15 is 0 Å². The highest BCUT2D eigenvalue weighted by molar-refractivity contribution is 6.10. The van der Waals surface area contributed by atoms with Gasteiger partial charge < -0.3 is 9.32 Å².